The predicted octanol–water partition coefficient (Wildman–Crippen LogP) is 1.08. The Morgan fingerprint density at radius 3 is 2.53 bits per heavy atom. The summed E-state index contributed by atoms with van der Waals surface area (Å²) in [5, 5.41) is 0. The molecule has 1 rings (SSSR count). The fraction of sp³-hybridized carbons (Fsp3) is 0.714. The fourth-order valence-corrected chi connectivity index (χ4v) is 2.08. The molecule has 108 valence electrons. The van der Waals surface area contributed by atoms with E-state index in [1.165, 1.54) is 5.57 Å². The first kappa shape index (κ1) is 15.7. The third-order valence-electron chi connectivity index (χ3n) is 3.29. The number of nitrogens with zero attached hydrogens (tertiary/aromatic N) is 1. The number of hydrogen-bond donors (Lipinski definition) is 1. The Kier molecular flexibility index (Phi) is 5.11. The summed E-state index contributed by atoms with van der Waals surface area (Å²) in [5.41, 5.74) is 7.07. The summed E-state index contributed by atoms with van der Waals surface area (Å²) < 4.78 is 4.76. The summed E-state index contributed by atoms with van der Waals surface area (Å²) in [7, 11) is 0. The van der Waals surface area contributed by atoms with Crippen molar-refractivity contribution in [2.45, 2.75) is 40.2 Å². The predicted molar refractivity (Wildman–Crippen MR) is 73.3 cm³/mol. The van der Waals surface area contributed by atoms with Gasteiger partial charge in [-0.1, -0.05) is 32.4 Å². The van der Waals surface area contributed by atoms with Crippen LogP contribution < -0.4 is 5.73 Å². The molecule has 1 atom stereocenters. The van der Waals surface area contributed by atoms with E-state index in [1.54, 1.807) is 11.8 Å². The van der Waals surface area contributed by atoms with Crippen LogP contribution in [0.3, 0.4) is 0 Å². The Balaban J connectivity index is 2.63. The van der Waals surface area contributed by atoms with Crippen LogP contribution in [0.4, 0.5) is 0 Å². The van der Waals surface area contributed by atoms with Crippen molar-refractivity contribution >= 4 is 11.9 Å². The lowest BCUT2D eigenvalue weighted by Gasteiger charge is -2.33. The van der Waals surface area contributed by atoms with Gasteiger partial charge in [0.15, 0.2) is 6.04 Å². The van der Waals surface area contributed by atoms with E-state index in [0.29, 0.717) is 13.1 Å². The third kappa shape index (κ3) is 4.06. The van der Waals surface area contributed by atoms with Crippen LogP contribution in [-0.2, 0) is 14.3 Å². The van der Waals surface area contributed by atoms with Gasteiger partial charge in [0, 0.05) is 13.1 Å². The highest BCUT2D eigenvalue weighted by Crippen LogP contribution is 2.30. The van der Waals surface area contributed by atoms with Gasteiger partial charge in [0.25, 0.3) is 5.91 Å². The monoisotopic (exact) mass is 268 g/mol. The molecule has 0 saturated carbocycles. The van der Waals surface area contributed by atoms with Crippen molar-refractivity contribution in [2.24, 2.45) is 11.1 Å². The first-order chi connectivity index (χ1) is 8.77. The lowest BCUT2D eigenvalue weighted by molar-refractivity contribution is -0.150. The van der Waals surface area contributed by atoms with Gasteiger partial charge in [-0.3, -0.25) is 4.79 Å². The zero-order valence-corrected chi connectivity index (χ0v) is 12.2. The Morgan fingerprint density at radius 2 is 2.11 bits per heavy atom. The molecule has 1 amide bonds. The van der Waals surface area contributed by atoms with Gasteiger partial charge in [-0.15, -0.1) is 0 Å². The number of hydrogen-bond acceptors (Lipinski definition) is 4. The second kappa shape index (κ2) is 6.19. The maximum Gasteiger partial charge on any atom is 0.332 e. The molecule has 5 nitrogen and oxygen atoms in total. The van der Waals surface area contributed by atoms with Gasteiger partial charge in [-0.25, -0.2) is 4.79 Å². The van der Waals surface area contributed by atoms with Crippen LogP contribution in [0.15, 0.2) is 11.6 Å². The fourth-order valence-electron chi connectivity index (χ4n) is 2.08. The van der Waals surface area contributed by atoms with Crippen LogP contribution >= 0.6 is 0 Å². The van der Waals surface area contributed by atoms with Crippen LogP contribution in [0.2, 0.25) is 0 Å². The largest absolute Gasteiger partial charge is 0.464 e. The van der Waals surface area contributed by atoms with Crippen LogP contribution in [0, 0.1) is 5.41 Å². The molecule has 0 aromatic heterocycles. The maximum absolute atomic E-state index is 12.0. The molecule has 0 spiro atoms. The quantitative estimate of drug-likeness (QED) is 0.472. The summed E-state index contributed by atoms with van der Waals surface area (Å²) >= 11 is 0. The summed E-state index contributed by atoms with van der Waals surface area (Å²) in [6, 6.07) is -1.20. The van der Waals surface area contributed by atoms with E-state index in [1.807, 2.05) is 0 Å². The smallest absolute Gasteiger partial charge is 0.332 e. The molecular weight excluding hydrogens is 244 g/mol. The highest BCUT2D eigenvalue weighted by molar-refractivity contribution is 6.01. The van der Waals surface area contributed by atoms with E-state index in [0.717, 1.165) is 6.42 Å². The maximum atomic E-state index is 12.0. The van der Waals surface area contributed by atoms with Gasteiger partial charge in [-0.2, -0.15) is 0 Å². The lowest BCUT2D eigenvalue weighted by Crippen LogP contribution is -2.50. The minimum absolute atomic E-state index is 0.123. The molecule has 19 heavy (non-hydrogen) atoms. The zero-order valence-electron chi connectivity index (χ0n) is 12.2. The van der Waals surface area contributed by atoms with E-state index in [-0.39, 0.29) is 17.9 Å². The molecule has 2 N–H and O–H groups in total. The number of carbonyl (C=O) groups excluding carboxylic acids is 2. The molecule has 0 aromatic rings. The van der Waals surface area contributed by atoms with Crippen molar-refractivity contribution in [1.82, 2.24) is 4.90 Å². The number of carbonyl (C=O) groups is 2. The molecule has 0 aromatic carbocycles. The molecule has 1 aliphatic rings. The molecule has 0 bridgehead atoms. The second-order valence-electron chi connectivity index (χ2n) is 5.74. The Labute approximate surface area is 114 Å². The summed E-state index contributed by atoms with van der Waals surface area (Å²) in [4.78, 5) is 25.1. The first-order valence-corrected chi connectivity index (χ1v) is 6.68. The highest BCUT2D eigenvalue weighted by atomic mass is 16.5. The van der Waals surface area contributed by atoms with Crippen molar-refractivity contribution in [3.05, 3.63) is 11.6 Å². The van der Waals surface area contributed by atoms with Crippen molar-refractivity contribution < 1.29 is 14.3 Å². The normalized spacial score (nSPS) is 17.7. The summed E-state index contributed by atoms with van der Waals surface area (Å²) in [5.74, 6) is -1.01. The second-order valence-corrected chi connectivity index (χ2v) is 5.74. The van der Waals surface area contributed by atoms with Gasteiger partial charge in [0.1, 0.15) is 0 Å². The summed E-state index contributed by atoms with van der Waals surface area (Å²) in [6.45, 7) is 9.50. The Hall–Kier alpha value is -1.36. The van der Waals surface area contributed by atoms with Crippen LogP contribution in [0.25, 0.3) is 0 Å². The van der Waals surface area contributed by atoms with Gasteiger partial charge in [0.05, 0.1) is 6.61 Å². The average molecular weight is 268 g/mol. The molecule has 0 saturated heterocycles. The van der Waals surface area contributed by atoms with Crippen molar-refractivity contribution in [3.63, 3.8) is 0 Å². The van der Waals surface area contributed by atoms with E-state index in [2.05, 4.69) is 26.8 Å². The van der Waals surface area contributed by atoms with E-state index >= 15 is 0 Å². The number of nitrogens with two attached hydrogens (primary N) is 1. The molecule has 1 aliphatic heterocycles. The topological polar surface area (TPSA) is 72.6 Å². The number of rotatable bonds is 3. The Bertz CT molecular complexity index is 383. The van der Waals surface area contributed by atoms with Crippen molar-refractivity contribution in [2.75, 3.05) is 19.7 Å². The minimum Gasteiger partial charge on any atom is -0.464 e. The van der Waals surface area contributed by atoms with E-state index < -0.39 is 12.0 Å². The third-order valence-corrected chi connectivity index (χ3v) is 3.29. The van der Waals surface area contributed by atoms with Crippen molar-refractivity contribution in [3.8, 4) is 0 Å². The van der Waals surface area contributed by atoms with E-state index in [9.17, 15) is 9.59 Å². The van der Waals surface area contributed by atoms with E-state index in [4.69, 9.17) is 10.5 Å². The lowest BCUT2D eigenvalue weighted by atomic mass is 9.83. The minimum atomic E-state index is -1.20. The van der Waals surface area contributed by atoms with Gasteiger partial charge < -0.3 is 15.4 Å². The highest BCUT2D eigenvalue weighted by Gasteiger charge is 2.30. The summed E-state index contributed by atoms with van der Waals surface area (Å²) in [6.07, 6.45) is 2.88. The number of esters is 1. The molecular formula is C14H24N2O3. The number of amides is 1. The molecule has 1 heterocycles. The van der Waals surface area contributed by atoms with Gasteiger partial charge in [0.2, 0.25) is 0 Å². The van der Waals surface area contributed by atoms with Crippen LogP contribution in [-0.4, -0.2) is 42.5 Å². The standard InChI is InChI=1S/C14H24N2O3/c1-5-19-13(18)11(15)12(17)16-8-6-10(7-9-16)14(2,3)4/h6,11H,5,7-9,15H2,1-4H3. The average Bonchev–Trinajstić information content (AvgIpc) is 2.36. The SMILES string of the molecule is CCOC(=O)C(N)C(=O)N1CC=C(C(C)(C)C)CC1. The molecule has 5 heteroatoms. The first-order valence-electron chi connectivity index (χ1n) is 6.68. The zero-order chi connectivity index (χ0) is 14.6. The Morgan fingerprint density at radius 1 is 1.47 bits per heavy atom. The molecule has 0 fully saturated rings. The van der Waals surface area contributed by atoms with Gasteiger partial charge in [-0.05, 0) is 18.8 Å². The number of ether oxygens (including phenoxy) is 1. The van der Waals surface area contributed by atoms with Crippen molar-refractivity contribution in [1.29, 1.82) is 0 Å². The van der Waals surface area contributed by atoms with Crippen LogP contribution in [0.1, 0.15) is 34.1 Å². The molecule has 0 radical (unpaired) electrons. The molecule has 1 unspecified atom stereocenters. The van der Waals surface area contributed by atoms with Crippen LogP contribution in [0.5, 0.6) is 0 Å². The van der Waals surface area contributed by atoms with Gasteiger partial charge >= 0.3 is 5.97 Å². The molecule has 0 aliphatic carbocycles.